The highest BCUT2D eigenvalue weighted by Crippen LogP contribution is 2.56. The third-order valence-electron chi connectivity index (χ3n) is 12.9. The molecule has 0 radical (unpaired) electrons. The van der Waals surface area contributed by atoms with Crippen molar-refractivity contribution in [3.8, 4) is 0 Å². The molecule has 77 heavy (non-hydrogen) atoms. The molecule has 0 saturated carbocycles. The molecule has 1 saturated heterocycles. The van der Waals surface area contributed by atoms with Crippen molar-refractivity contribution < 1.29 is 80.5 Å². The second kappa shape index (κ2) is 36.6. The first-order chi connectivity index (χ1) is 36.6. The number of phosphoric ester groups is 3. The number of nitrogens with two attached hydrogens (primary N) is 1. The van der Waals surface area contributed by atoms with Crippen LogP contribution < -0.4 is 35.9 Å². The van der Waals surface area contributed by atoms with Gasteiger partial charge in [0.15, 0.2) is 17.7 Å². The van der Waals surface area contributed by atoms with E-state index in [-0.39, 0.29) is 41.6 Å². The van der Waals surface area contributed by atoms with Gasteiger partial charge in [-0.05, 0) is 18.9 Å². The number of fused-ring (bicyclic) bond motifs is 1. The molecule has 0 aliphatic carbocycles. The van der Waals surface area contributed by atoms with Crippen molar-refractivity contribution in [2.45, 2.75) is 212 Å². The van der Waals surface area contributed by atoms with Gasteiger partial charge in [0.05, 0.1) is 27.4 Å². The van der Waals surface area contributed by atoms with Crippen LogP contribution >= 0.6 is 35.2 Å². The number of aromatic nitrogens is 4. The van der Waals surface area contributed by atoms with Crippen LogP contribution in [0.3, 0.4) is 0 Å². The summed E-state index contributed by atoms with van der Waals surface area (Å²) in [5, 5.41) is 26.4. The quantitative estimate of drug-likeness (QED) is 0.0285. The normalized spacial score (nSPS) is 19.1. The SMILES string of the molecule is CCCCCCCCCCCCCCCCCCCCCCCCC/C=C/C(=O)SCCNC(=O)CCNC(=O)[C@H](O)C(C)(C)COP(=O)([O-])OP(=O)([O-])OC[C@H]1O[C@@H](n2cnc3c(N)ncnc32)[C@H](O)[C@@H]1OP(=O)([O-])[O-]. The first-order valence-electron chi connectivity index (χ1n) is 27.2. The van der Waals surface area contributed by atoms with Crippen molar-refractivity contribution in [3.63, 3.8) is 0 Å². The number of ether oxygens (including phenoxy) is 1. The van der Waals surface area contributed by atoms with Crippen LogP contribution in [-0.2, 0) is 50.7 Å². The highest BCUT2D eigenvalue weighted by molar-refractivity contribution is 8.14. The molecule has 24 nitrogen and oxygen atoms in total. The Morgan fingerprint density at radius 2 is 1.34 bits per heavy atom. The van der Waals surface area contributed by atoms with E-state index >= 15 is 0 Å². The van der Waals surface area contributed by atoms with E-state index in [9.17, 15) is 57.9 Å². The minimum absolute atomic E-state index is 0.0185. The number of hydrogen-bond donors (Lipinski definition) is 5. The Morgan fingerprint density at radius 1 is 0.805 bits per heavy atom. The Kier molecular flexibility index (Phi) is 32.6. The average Bonchev–Trinajstić information content (AvgIpc) is 3.96. The van der Waals surface area contributed by atoms with Gasteiger partial charge in [-0.2, -0.15) is 0 Å². The predicted octanol–water partition coefficient (Wildman–Crippen LogP) is 6.08. The predicted molar refractivity (Wildman–Crippen MR) is 284 cm³/mol. The lowest BCUT2D eigenvalue weighted by Gasteiger charge is -2.36. The maximum atomic E-state index is 12.7. The number of unbranched alkanes of at least 4 members (excludes halogenated alkanes) is 23. The zero-order valence-electron chi connectivity index (χ0n) is 45.0. The largest absolute Gasteiger partial charge is 0.790 e. The van der Waals surface area contributed by atoms with Crippen LogP contribution in [0.25, 0.3) is 11.2 Å². The third-order valence-corrected chi connectivity index (χ3v) is 16.8. The van der Waals surface area contributed by atoms with Gasteiger partial charge in [0.2, 0.25) is 16.9 Å². The molecule has 2 amide bonds. The van der Waals surface area contributed by atoms with Crippen LogP contribution in [0.1, 0.15) is 188 Å². The summed E-state index contributed by atoms with van der Waals surface area (Å²) in [5.74, 6) is -1.20. The first kappa shape index (κ1) is 68.6. The van der Waals surface area contributed by atoms with Crippen LogP contribution in [0.5, 0.6) is 0 Å². The van der Waals surface area contributed by atoms with Crippen molar-refractivity contribution in [2.75, 3.05) is 37.8 Å². The summed E-state index contributed by atoms with van der Waals surface area (Å²) >= 11 is 1.06. The molecule has 2 unspecified atom stereocenters. The number of nitrogen functional groups attached to an aromatic ring is 1. The van der Waals surface area contributed by atoms with E-state index in [1.54, 1.807) is 6.08 Å². The van der Waals surface area contributed by atoms with Gasteiger partial charge in [0, 0.05) is 30.7 Å². The Bertz CT molecular complexity index is 2220. The van der Waals surface area contributed by atoms with E-state index < -0.39 is 84.6 Å². The molecule has 0 bridgehead atoms. The molecule has 0 aromatic carbocycles. The number of aliphatic hydroxyl groups excluding tert-OH is 2. The van der Waals surface area contributed by atoms with Gasteiger partial charge >= 0.3 is 0 Å². The smallest absolute Gasteiger partial charge is 0.274 e. The minimum atomic E-state index is -5.92. The molecule has 1 fully saturated rings. The maximum Gasteiger partial charge on any atom is 0.274 e. The fraction of sp³-hybridized carbons (Fsp3) is 0.796. The summed E-state index contributed by atoms with van der Waals surface area (Å²) in [6.07, 6.45) is 27.5. The summed E-state index contributed by atoms with van der Waals surface area (Å²) in [6.45, 7) is 2.40. The fourth-order valence-corrected chi connectivity index (χ4v) is 11.9. The zero-order valence-corrected chi connectivity index (χ0v) is 48.5. The lowest BCUT2D eigenvalue weighted by Crippen LogP contribution is -2.46. The van der Waals surface area contributed by atoms with Gasteiger partial charge in [-0.15, -0.1) is 0 Å². The van der Waals surface area contributed by atoms with Crippen LogP contribution in [0, 0.1) is 5.41 Å². The summed E-state index contributed by atoms with van der Waals surface area (Å²) in [7, 11) is -17.6. The fourth-order valence-electron chi connectivity index (χ4n) is 8.53. The van der Waals surface area contributed by atoms with E-state index in [0.29, 0.717) is 5.75 Å². The molecular formula is C49H84N7O17P3S-4. The van der Waals surface area contributed by atoms with Gasteiger partial charge in [-0.25, -0.2) is 19.3 Å². The molecule has 3 rings (SSSR count). The van der Waals surface area contributed by atoms with Gasteiger partial charge in [0.1, 0.15) is 36.3 Å². The molecule has 6 N–H and O–H groups in total. The summed E-state index contributed by atoms with van der Waals surface area (Å²) in [4.78, 5) is 97.1. The van der Waals surface area contributed by atoms with Gasteiger partial charge in [-0.3, -0.25) is 28.1 Å². The molecule has 28 heteroatoms. The molecule has 1 aliphatic heterocycles. The number of rotatable bonds is 44. The highest BCUT2D eigenvalue weighted by Gasteiger charge is 2.47. The minimum Gasteiger partial charge on any atom is -0.790 e. The first-order valence-corrected chi connectivity index (χ1v) is 32.6. The molecule has 0 spiro atoms. The number of anilines is 1. The number of aliphatic hydroxyl groups is 2. The number of hydrogen-bond acceptors (Lipinski definition) is 22. The van der Waals surface area contributed by atoms with E-state index in [1.807, 2.05) is 6.08 Å². The molecular weight excluding hydrogens is 1080 g/mol. The lowest BCUT2D eigenvalue weighted by molar-refractivity contribution is -0.347. The number of phosphoric acid groups is 3. The number of nitrogens with zero attached hydrogens (tertiary/aromatic N) is 4. The van der Waals surface area contributed by atoms with Crippen molar-refractivity contribution in [3.05, 3.63) is 24.8 Å². The number of nitrogens with one attached hydrogen (secondary N) is 2. The van der Waals surface area contributed by atoms with Crippen molar-refractivity contribution in [1.82, 2.24) is 30.2 Å². The standard InChI is InChI=1S/C49H88N7O17P3S/c1-4-5-6-7-8-9-10-11-12-13-14-15-16-17-18-19-20-21-22-23-24-25-26-27-28-29-40(58)77-33-32-51-39(57)30-31-52-47(61)44(60)49(2,3)35-70-76(67,68)73-75(65,66)69-34-38-43(72-74(62,63)64)42(59)48(71-38)56-37-55-41-45(50)53-36-54-46(41)56/h28-29,36-38,42-44,48,59-60H,4-27,30-35H2,1-3H3,(H,51,57)(H,52,61)(H,65,66)(H,67,68)(H2,50,53,54)(H2,62,63,64)/p-4/b29-28+/t38-,42-,43-,44+,48-/m1/s1. The van der Waals surface area contributed by atoms with Crippen molar-refractivity contribution in [2.24, 2.45) is 5.41 Å². The van der Waals surface area contributed by atoms with Crippen LogP contribution in [0.15, 0.2) is 24.8 Å². The van der Waals surface area contributed by atoms with Crippen molar-refractivity contribution >= 4 is 69.1 Å². The molecule has 442 valence electrons. The van der Waals surface area contributed by atoms with Crippen molar-refractivity contribution in [1.29, 1.82) is 0 Å². The highest BCUT2D eigenvalue weighted by atomic mass is 32.2. The Morgan fingerprint density at radius 3 is 1.88 bits per heavy atom. The Hall–Kier alpha value is -2.70. The van der Waals surface area contributed by atoms with Gasteiger partial charge in [0.25, 0.3) is 15.6 Å². The second-order valence-electron chi connectivity index (χ2n) is 20.1. The number of carbonyl (C=O) groups excluding carboxylic acids is 3. The van der Waals surface area contributed by atoms with E-state index in [1.165, 1.54) is 149 Å². The van der Waals surface area contributed by atoms with Crippen LogP contribution in [0.2, 0.25) is 0 Å². The summed E-state index contributed by atoms with van der Waals surface area (Å²) in [5.41, 5.74) is 4.10. The third kappa shape index (κ3) is 28.5. The van der Waals surface area contributed by atoms with Crippen LogP contribution in [0.4, 0.5) is 5.82 Å². The monoisotopic (exact) mass is 1170 g/mol. The summed E-state index contributed by atoms with van der Waals surface area (Å²) < 4.78 is 61.0. The Balaban J connectivity index is 1.19. The van der Waals surface area contributed by atoms with E-state index in [0.717, 1.165) is 48.2 Å². The van der Waals surface area contributed by atoms with E-state index in [2.05, 4.69) is 50.4 Å². The van der Waals surface area contributed by atoms with Crippen LogP contribution in [-0.4, -0.2) is 103 Å². The number of thioether (sulfide) groups is 1. The molecule has 2 aromatic rings. The average molecular weight is 1170 g/mol. The number of imidazole rings is 1. The topological polar surface area (TPSA) is 375 Å². The maximum absolute atomic E-state index is 12.7. The second-order valence-corrected chi connectivity index (χ2v) is 25.3. The van der Waals surface area contributed by atoms with Gasteiger partial charge < -0.3 is 69.0 Å². The molecule has 3 heterocycles. The Labute approximate surface area is 458 Å². The zero-order chi connectivity index (χ0) is 56.7. The molecule has 7 atom stereocenters. The molecule has 1 aliphatic rings. The molecule has 2 aromatic heterocycles. The number of amides is 2. The lowest BCUT2D eigenvalue weighted by atomic mass is 9.87. The number of carbonyl (C=O) groups is 3. The van der Waals surface area contributed by atoms with Gasteiger partial charge in [-0.1, -0.05) is 180 Å². The van der Waals surface area contributed by atoms with E-state index in [4.69, 9.17) is 10.5 Å². The number of allylic oxidation sites excluding steroid dienone is 1. The summed E-state index contributed by atoms with van der Waals surface area (Å²) in [6, 6.07) is 0.